The molecule has 7 nitrogen and oxygen atoms in total. The van der Waals surface area contributed by atoms with Crippen LogP contribution in [-0.2, 0) is 14.3 Å². The maximum Gasteiger partial charge on any atom is 0.408 e. The van der Waals surface area contributed by atoms with Crippen LogP contribution >= 0.6 is 0 Å². The molecule has 0 aromatic carbocycles. The summed E-state index contributed by atoms with van der Waals surface area (Å²) in [5, 5.41) is 7.96. The molecular weight excluding hydrogens is 322 g/mol. The Hall–Kier alpha value is -1.79. The molecule has 146 valence electrons. The second kappa shape index (κ2) is 10.3. The van der Waals surface area contributed by atoms with E-state index in [1.54, 1.807) is 20.8 Å². The van der Waals surface area contributed by atoms with Gasteiger partial charge in [-0.1, -0.05) is 34.1 Å². The fourth-order valence-corrected chi connectivity index (χ4v) is 2.28. The van der Waals surface area contributed by atoms with E-state index in [-0.39, 0.29) is 23.7 Å². The first-order chi connectivity index (χ1) is 11.4. The second-order valence-electron chi connectivity index (χ2n) is 7.81. The molecule has 25 heavy (non-hydrogen) atoms. The topological polar surface area (TPSA) is 96.5 Å². The van der Waals surface area contributed by atoms with Crippen molar-refractivity contribution in [1.82, 2.24) is 16.0 Å². The number of carbonyl (C=O) groups is 3. The molecule has 0 aliphatic heterocycles. The van der Waals surface area contributed by atoms with Gasteiger partial charge < -0.3 is 20.7 Å². The minimum Gasteiger partial charge on any atom is -0.444 e. The van der Waals surface area contributed by atoms with Gasteiger partial charge in [0.2, 0.25) is 11.8 Å². The summed E-state index contributed by atoms with van der Waals surface area (Å²) in [7, 11) is 1.53. The lowest BCUT2D eigenvalue weighted by Gasteiger charge is -2.28. The molecule has 0 fully saturated rings. The lowest BCUT2D eigenvalue weighted by Crippen LogP contribution is -2.56. The second-order valence-corrected chi connectivity index (χ2v) is 7.81. The number of carbonyl (C=O) groups excluding carboxylic acids is 3. The average molecular weight is 357 g/mol. The van der Waals surface area contributed by atoms with E-state index in [1.165, 1.54) is 7.05 Å². The molecule has 0 aliphatic carbocycles. The van der Waals surface area contributed by atoms with Crippen molar-refractivity contribution in [3.05, 3.63) is 0 Å². The summed E-state index contributed by atoms with van der Waals surface area (Å²) < 4.78 is 5.24. The van der Waals surface area contributed by atoms with Crippen LogP contribution in [0.4, 0.5) is 4.79 Å². The Kier molecular flexibility index (Phi) is 9.52. The van der Waals surface area contributed by atoms with E-state index < -0.39 is 23.8 Å². The predicted molar refractivity (Wildman–Crippen MR) is 98.1 cm³/mol. The van der Waals surface area contributed by atoms with Gasteiger partial charge in [0, 0.05) is 7.05 Å². The number of hydrogen-bond acceptors (Lipinski definition) is 4. The number of alkyl carbamates (subject to hydrolysis) is 1. The first-order valence-corrected chi connectivity index (χ1v) is 8.92. The van der Waals surface area contributed by atoms with Gasteiger partial charge in [-0.05, 0) is 39.0 Å². The standard InChI is InChI=1S/C18H35N3O4/c1-9-12(4)14(21-17(24)25-18(5,6)7)16(23)20-13(10-11(2)3)15(22)19-8/h11-14H,9-10H2,1-8H3,(H,19,22)(H,20,23)(H,21,24)/t12?,13-,14?/m0/s1. The Morgan fingerprint density at radius 2 is 1.56 bits per heavy atom. The maximum absolute atomic E-state index is 12.7. The zero-order valence-electron chi connectivity index (χ0n) is 16.9. The first-order valence-electron chi connectivity index (χ1n) is 8.92. The lowest BCUT2D eigenvalue weighted by atomic mass is 9.97. The number of rotatable bonds is 8. The van der Waals surface area contributed by atoms with Crippen LogP contribution in [0.1, 0.15) is 61.3 Å². The van der Waals surface area contributed by atoms with Crippen LogP contribution in [0.3, 0.4) is 0 Å². The quantitative estimate of drug-likeness (QED) is 0.620. The molecule has 0 rings (SSSR count). The molecule has 0 radical (unpaired) electrons. The highest BCUT2D eigenvalue weighted by atomic mass is 16.6. The number of likely N-dealkylation sites (N-methyl/N-ethyl adjacent to an activating group) is 1. The van der Waals surface area contributed by atoms with E-state index in [4.69, 9.17) is 4.74 Å². The highest BCUT2D eigenvalue weighted by Gasteiger charge is 2.31. The third-order valence-corrected chi connectivity index (χ3v) is 3.75. The van der Waals surface area contributed by atoms with Crippen molar-refractivity contribution in [3.8, 4) is 0 Å². The molecule has 3 amide bonds. The molecule has 2 unspecified atom stereocenters. The molecule has 0 heterocycles. The van der Waals surface area contributed by atoms with Crippen LogP contribution in [0.15, 0.2) is 0 Å². The molecule has 0 saturated carbocycles. The average Bonchev–Trinajstić information content (AvgIpc) is 2.48. The normalized spacial score (nSPS) is 15.1. The highest BCUT2D eigenvalue weighted by Crippen LogP contribution is 2.12. The minimum atomic E-state index is -0.765. The summed E-state index contributed by atoms with van der Waals surface area (Å²) in [5.74, 6) is -0.489. The van der Waals surface area contributed by atoms with Gasteiger partial charge in [0.25, 0.3) is 0 Å². The third kappa shape index (κ3) is 9.31. The Labute approximate surface area is 151 Å². The maximum atomic E-state index is 12.7. The fourth-order valence-electron chi connectivity index (χ4n) is 2.28. The molecule has 0 saturated heterocycles. The number of hydrogen-bond donors (Lipinski definition) is 3. The van der Waals surface area contributed by atoms with Gasteiger partial charge in [0.05, 0.1) is 0 Å². The van der Waals surface area contributed by atoms with Gasteiger partial charge in [-0.2, -0.15) is 0 Å². The Balaban J connectivity index is 5.15. The molecule has 0 spiro atoms. The van der Waals surface area contributed by atoms with Gasteiger partial charge in [0.15, 0.2) is 0 Å². The van der Waals surface area contributed by atoms with E-state index >= 15 is 0 Å². The van der Waals surface area contributed by atoms with Crippen molar-refractivity contribution < 1.29 is 19.1 Å². The van der Waals surface area contributed by atoms with Crippen molar-refractivity contribution in [3.63, 3.8) is 0 Å². The van der Waals surface area contributed by atoms with Crippen LogP contribution in [0.2, 0.25) is 0 Å². The predicted octanol–water partition coefficient (Wildman–Crippen LogP) is 2.20. The van der Waals surface area contributed by atoms with Gasteiger partial charge in [0.1, 0.15) is 17.7 Å². The first kappa shape index (κ1) is 23.2. The van der Waals surface area contributed by atoms with Crippen molar-refractivity contribution >= 4 is 17.9 Å². The van der Waals surface area contributed by atoms with Gasteiger partial charge in [-0.3, -0.25) is 9.59 Å². The minimum absolute atomic E-state index is 0.100. The molecule has 0 bridgehead atoms. The summed E-state index contributed by atoms with van der Waals surface area (Å²) >= 11 is 0. The van der Waals surface area contributed by atoms with E-state index in [1.807, 2.05) is 27.7 Å². The SMILES string of the molecule is CCC(C)C(NC(=O)OC(C)(C)C)C(=O)N[C@@H](CC(C)C)C(=O)NC. The molecule has 3 atom stereocenters. The highest BCUT2D eigenvalue weighted by molar-refractivity contribution is 5.91. The summed E-state index contributed by atoms with van der Waals surface area (Å²) in [5.41, 5.74) is -0.650. The molecule has 0 aromatic rings. The Bertz CT molecular complexity index is 458. The number of ether oxygens (including phenoxy) is 1. The van der Waals surface area contributed by atoms with Gasteiger partial charge >= 0.3 is 6.09 Å². The van der Waals surface area contributed by atoms with Crippen LogP contribution in [0, 0.1) is 11.8 Å². The Morgan fingerprint density at radius 3 is 1.96 bits per heavy atom. The van der Waals surface area contributed by atoms with Crippen molar-refractivity contribution in [1.29, 1.82) is 0 Å². The zero-order valence-corrected chi connectivity index (χ0v) is 16.9. The summed E-state index contributed by atoms with van der Waals surface area (Å²) in [4.78, 5) is 36.8. The molecule has 0 aromatic heterocycles. The lowest BCUT2D eigenvalue weighted by molar-refractivity contribution is -0.130. The van der Waals surface area contributed by atoms with Crippen molar-refractivity contribution in [2.24, 2.45) is 11.8 Å². The van der Waals surface area contributed by atoms with Crippen LogP contribution in [0.25, 0.3) is 0 Å². The van der Waals surface area contributed by atoms with Gasteiger partial charge in [-0.15, -0.1) is 0 Å². The van der Waals surface area contributed by atoms with Gasteiger partial charge in [-0.25, -0.2) is 4.79 Å². The summed E-state index contributed by atoms with van der Waals surface area (Å²) in [6.07, 6.45) is 0.571. The van der Waals surface area contributed by atoms with Crippen molar-refractivity contribution in [2.75, 3.05) is 7.05 Å². The fraction of sp³-hybridized carbons (Fsp3) is 0.833. The van der Waals surface area contributed by atoms with Crippen LogP contribution < -0.4 is 16.0 Å². The van der Waals surface area contributed by atoms with E-state index in [0.717, 1.165) is 0 Å². The van der Waals surface area contributed by atoms with E-state index in [2.05, 4.69) is 16.0 Å². The Morgan fingerprint density at radius 1 is 1.00 bits per heavy atom. The number of nitrogens with one attached hydrogen (secondary N) is 3. The van der Waals surface area contributed by atoms with Crippen LogP contribution in [-0.4, -0.2) is 42.6 Å². The molecule has 0 aliphatic rings. The van der Waals surface area contributed by atoms with Crippen molar-refractivity contribution in [2.45, 2.75) is 79.0 Å². The third-order valence-electron chi connectivity index (χ3n) is 3.75. The number of amides is 3. The smallest absolute Gasteiger partial charge is 0.408 e. The molecule has 3 N–H and O–H groups in total. The van der Waals surface area contributed by atoms with E-state index in [9.17, 15) is 14.4 Å². The molecule has 7 heteroatoms. The van der Waals surface area contributed by atoms with Crippen LogP contribution in [0.5, 0.6) is 0 Å². The summed E-state index contributed by atoms with van der Waals surface area (Å²) in [6.45, 7) is 13.0. The zero-order chi connectivity index (χ0) is 19.8. The van der Waals surface area contributed by atoms with E-state index in [0.29, 0.717) is 12.8 Å². The summed E-state index contributed by atoms with van der Waals surface area (Å²) in [6, 6.07) is -1.40. The monoisotopic (exact) mass is 357 g/mol. The molecular formula is C18H35N3O4. The largest absolute Gasteiger partial charge is 0.444 e.